The third-order valence-corrected chi connectivity index (χ3v) is 5.14. The molecule has 2 aliphatic heterocycles. The number of carbonyl (C=O) groups is 1. The molecule has 2 fully saturated rings. The molecule has 0 bridgehead atoms. The third kappa shape index (κ3) is 3.03. The maximum atomic E-state index is 13.2. The van der Waals surface area contributed by atoms with Crippen LogP contribution in [0, 0.1) is 0 Å². The highest BCUT2D eigenvalue weighted by molar-refractivity contribution is 5.80. The number of amides is 1. The van der Waals surface area contributed by atoms with E-state index in [0.29, 0.717) is 12.5 Å². The van der Waals surface area contributed by atoms with Gasteiger partial charge in [0, 0.05) is 32.1 Å². The summed E-state index contributed by atoms with van der Waals surface area (Å²) in [6.45, 7) is 3.77. The summed E-state index contributed by atoms with van der Waals surface area (Å²) >= 11 is 0. The van der Waals surface area contributed by atoms with Crippen molar-refractivity contribution in [2.75, 3.05) is 26.2 Å². The molecule has 0 N–H and O–H groups in total. The van der Waals surface area contributed by atoms with Crippen LogP contribution < -0.4 is 0 Å². The number of tetrazole rings is 1. The van der Waals surface area contributed by atoms with Crippen LogP contribution in [0.5, 0.6) is 0 Å². The summed E-state index contributed by atoms with van der Waals surface area (Å²) in [6.07, 6.45) is 4.58. The van der Waals surface area contributed by atoms with Crippen molar-refractivity contribution in [3.05, 3.63) is 42.2 Å². The standard InChI is InChI=1S/C17H22N6O/c24-17(22-10-9-21-8-4-7-15(21)12-22)16(23-13-18-19-20-23)11-14-5-2-1-3-6-14/h1-3,5-6,13,15-16H,4,7-12H2/t15-,16+/m0/s1. The molecule has 0 saturated carbocycles. The maximum absolute atomic E-state index is 13.2. The van der Waals surface area contributed by atoms with E-state index in [1.165, 1.54) is 25.7 Å². The topological polar surface area (TPSA) is 67.2 Å². The van der Waals surface area contributed by atoms with Gasteiger partial charge in [0.2, 0.25) is 5.91 Å². The molecule has 0 spiro atoms. The number of benzene rings is 1. The fraction of sp³-hybridized carbons (Fsp3) is 0.529. The SMILES string of the molecule is O=C([C@@H](Cc1ccccc1)n1cnnn1)N1CCN2CCC[C@H]2C1. The van der Waals surface area contributed by atoms with Crippen molar-refractivity contribution in [2.24, 2.45) is 0 Å². The summed E-state index contributed by atoms with van der Waals surface area (Å²) in [5, 5.41) is 11.4. The Bertz CT molecular complexity index is 674. The molecule has 7 heteroatoms. The van der Waals surface area contributed by atoms with Crippen molar-refractivity contribution in [3.63, 3.8) is 0 Å². The maximum Gasteiger partial charge on any atom is 0.248 e. The zero-order valence-electron chi connectivity index (χ0n) is 13.7. The summed E-state index contributed by atoms with van der Waals surface area (Å²) in [5.74, 6) is 0.123. The lowest BCUT2D eigenvalue weighted by molar-refractivity contribution is -0.137. The summed E-state index contributed by atoms with van der Waals surface area (Å²) in [4.78, 5) is 17.7. The molecule has 126 valence electrons. The Balaban J connectivity index is 1.53. The molecule has 2 saturated heterocycles. The minimum absolute atomic E-state index is 0.123. The van der Waals surface area contributed by atoms with Gasteiger partial charge in [-0.3, -0.25) is 9.69 Å². The van der Waals surface area contributed by atoms with Crippen LogP contribution in [-0.2, 0) is 11.2 Å². The van der Waals surface area contributed by atoms with Gasteiger partial charge in [-0.1, -0.05) is 30.3 Å². The van der Waals surface area contributed by atoms with Gasteiger partial charge < -0.3 is 4.90 Å². The first-order valence-electron chi connectivity index (χ1n) is 8.60. The van der Waals surface area contributed by atoms with Crippen LogP contribution in [0.4, 0.5) is 0 Å². The summed E-state index contributed by atoms with van der Waals surface area (Å²) in [7, 11) is 0. The lowest BCUT2D eigenvalue weighted by Crippen LogP contribution is -2.53. The Hall–Kier alpha value is -2.28. The van der Waals surface area contributed by atoms with E-state index in [2.05, 4.69) is 20.4 Å². The van der Waals surface area contributed by atoms with Crippen molar-refractivity contribution in [2.45, 2.75) is 31.3 Å². The second kappa shape index (κ2) is 6.68. The predicted molar refractivity (Wildman–Crippen MR) is 88.2 cm³/mol. The molecular formula is C17H22N6O. The van der Waals surface area contributed by atoms with E-state index < -0.39 is 0 Å². The van der Waals surface area contributed by atoms with Crippen molar-refractivity contribution in [1.29, 1.82) is 0 Å². The zero-order chi connectivity index (χ0) is 16.4. The van der Waals surface area contributed by atoms with E-state index in [9.17, 15) is 4.79 Å². The van der Waals surface area contributed by atoms with Crippen molar-refractivity contribution in [1.82, 2.24) is 30.0 Å². The lowest BCUT2D eigenvalue weighted by Gasteiger charge is -2.38. The zero-order valence-corrected chi connectivity index (χ0v) is 13.7. The van der Waals surface area contributed by atoms with Gasteiger partial charge in [0.25, 0.3) is 0 Å². The van der Waals surface area contributed by atoms with Gasteiger partial charge in [-0.25, -0.2) is 4.68 Å². The number of nitrogens with zero attached hydrogens (tertiary/aromatic N) is 6. The summed E-state index contributed by atoms with van der Waals surface area (Å²) < 4.78 is 1.59. The van der Waals surface area contributed by atoms with Gasteiger partial charge in [0.1, 0.15) is 12.4 Å². The van der Waals surface area contributed by atoms with Gasteiger partial charge in [0.05, 0.1) is 0 Å². The van der Waals surface area contributed by atoms with E-state index in [1.807, 2.05) is 35.2 Å². The fourth-order valence-corrected chi connectivity index (χ4v) is 3.84. The minimum atomic E-state index is -0.379. The second-order valence-electron chi connectivity index (χ2n) is 6.61. The van der Waals surface area contributed by atoms with Crippen LogP contribution >= 0.6 is 0 Å². The normalized spacial score (nSPS) is 22.3. The average molecular weight is 326 g/mol. The summed E-state index contributed by atoms with van der Waals surface area (Å²) in [5.41, 5.74) is 1.12. The summed E-state index contributed by atoms with van der Waals surface area (Å²) in [6, 6.07) is 10.2. The van der Waals surface area contributed by atoms with E-state index in [4.69, 9.17) is 0 Å². The molecule has 2 aliphatic rings. The molecule has 1 aromatic carbocycles. The first-order chi connectivity index (χ1) is 11.8. The molecule has 2 aromatic rings. The molecule has 24 heavy (non-hydrogen) atoms. The number of carbonyl (C=O) groups excluding carboxylic acids is 1. The first-order valence-corrected chi connectivity index (χ1v) is 8.60. The Morgan fingerprint density at radius 1 is 1.21 bits per heavy atom. The van der Waals surface area contributed by atoms with E-state index >= 15 is 0 Å². The van der Waals surface area contributed by atoms with Crippen molar-refractivity contribution in [3.8, 4) is 0 Å². The number of rotatable bonds is 4. The van der Waals surface area contributed by atoms with Crippen LogP contribution in [0.3, 0.4) is 0 Å². The van der Waals surface area contributed by atoms with Gasteiger partial charge in [-0.05, 0) is 35.4 Å². The first kappa shape index (κ1) is 15.3. The highest BCUT2D eigenvalue weighted by atomic mass is 16.2. The van der Waals surface area contributed by atoms with Crippen molar-refractivity contribution >= 4 is 5.91 Å². The number of aromatic nitrogens is 4. The number of hydrogen-bond acceptors (Lipinski definition) is 5. The number of fused-ring (bicyclic) bond motifs is 1. The predicted octanol–water partition coefficient (Wildman–Crippen LogP) is 0.763. The Morgan fingerprint density at radius 2 is 2.08 bits per heavy atom. The Morgan fingerprint density at radius 3 is 2.88 bits per heavy atom. The third-order valence-electron chi connectivity index (χ3n) is 5.14. The van der Waals surface area contributed by atoms with E-state index in [1.54, 1.807) is 4.68 Å². The number of hydrogen-bond donors (Lipinski definition) is 0. The molecule has 1 aromatic heterocycles. The monoisotopic (exact) mass is 326 g/mol. The van der Waals surface area contributed by atoms with Crippen LogP contribution in [0.1, 0.15) is 24.4 Å². The largest absolute Gasteiger partial charge is 0.338 e. The van der Waals surface area contributed by atoms with Crippen LogP contribution in [0.15, 0.2) is 36.7 Å². The molecule has 2 atom stereocenters. The molecule has 3 heterocycles. The molecule has 7 nitrogen and oxygen atoms in total. The molecule has 4 rings (SSSR count). The second-order valence-corrected chi connectivity index (χ2v) is 6.61. The lowest BCUT2D eigenvalue weighted by atomic mass is 10.0. The Kier molecular flexibility index (Phi) is 4.25. The minimum Gasteiger partial charge on any atom is -0.338 e. The van der Waals surface area contributed by atoms with Crippen LogP contribution in [-0.4, -0.2) is 68.1 Å². The van der Waals surface area contributed by atoms with Crippen molar-refractivity contribution < 1.29 is 4.79 Å². The van der Waals surface area contributed by atoms with E-state index in [0.717, 1.165) is 25.2 Å². The molecule has 0 aliphatic carbocycles. The van der Waals surface area contributed by atoms with Crippen LogP contribution in [0.2, 0.25) is 0 Å². The highest BCUT2D eigenvalue weighted by Crippen LogP contribution is 2.24. The van der Waals surface area contributed by atoms with Gasteiger partial charge in [-0.15, -0.1) is 5.10 Å². The van der Waals surface area contributed by atoms with Crippen LogP contribution in [0.25, 0.3) is 0 Å². The molecule has 0 unspecified atom stereocenters. The fourth-order valence-electron chi connectivity index (χ4n) is 3.84. The molecule has 1 amide bonds. The van der Waals surface area contributed by atoms with Gasteiger partial charge >= 0.3 is 0 Å². The number of piperazine rings is 1. The smallest absolute Gasteiger partial charge is 0.248 e. The quantitative estimate of drug-likeness (QED) is 0.830. The average Bonchev–Trinajstić information content (AvgIpc) is 3.30. The highest BCUT2D eigenvalue weighted by Gasteiger charge is 2.35. The van der Waals surface area contributed by atoms with Gasteiger partial charge in [0.15, 0.2) is 0 Å². The van der Waals surface area contributed by atoms with Gasteiger partial charge in [-0.2, -0.15) is 0 Å². The molecular weight excluding hydrogens is 304 g/mol. The molecule has 0 radical (unpaired) electrons. The van der Waals surface area contributed by atoms with E-state index in [-0.39, 0.29) is 11.9 Å². The Labute approximate surface area is 141 Å².